The molecule has 0 amide bonds. The standard InChI is InChI=1S/C13H28FN3/c1-10(8-16-6)17(9-12(14)7-15)11(2)13(3,4)5/h11-12,16H,1,7-9,15H2,2-6H3. The molecule has 0 aliphatic carbocycles. The molecule has 4 heteroatoms. The zero-order valence-electron chi connectivity index (χ0n) is 11.9. The molecule has 17 heavy (non-hydrogen) atoms. The van der Waals surface area contributed by atoms with Crippen LogP contribution in [0, 0.1) is 5.41 Å². The van der Waals surface area contributed by atoms with Crippen molar-refractivity contribution in [3.63, 3.8) is 0 Å². The molecule has 0 radical (unpaired) electrons. The van der Waals surface area contributed by atoms with E-state index in [9.17, 15) is 4.39 Å². The molecule has 3 N–H and O–H groups in total. The van der Waals surface area contributed by atoms with Crippen molar-refractivity contribution < 1.29 is 4.39 Å². The van der Waals surface area contributed by atoms with E-state index in [4.69, 9.17) is 5.73 Å². The monoisotopic (exact) mass is 245 g/mol. The van der Waals surface area contributed by atoms with E-state index >= 15 is 0 Å². The van der Waals surface area contributed by atoms with Crippen molar-refractivity contribution in [2.75, 3.05) is 26.7 Å². The minimum Gasteiger partial charge on any atom is -0.368 e. The highest BCUT2D eigenvalue weighted by molar-refractivity contribution is 5.01. The molecule has 0 aromatic rings. The largest absolute Gasteiger partial charge is 0.368 e. The van der Waals surface area contributed by atoms with E-state index in [1.165, 1.54) is 0 Å². The van der Waals surface area contributed by atoms with Crippen LogP contribution >= 0.6 is 0 Å². The second kappa shape index (κ2) is 6.97. The Labute approximate surface area is 105 Å². The maximum absolute atomic E-state index is 13.5. The number of hydrogen-bond acceptors (Lipinski definition) is 3. The molecule has 2 atom stereocenters. The highest BCUT2D eigenvalue weighted by Crippen LogP contribution is 2.26. The van der Waals surface area contributed by atoms with Crippen molar-refractivity contribution in [3.05, 3.63) is 12.3 Å². The van der Waals surface area contributed by atoms with Gasteiger partial charge in [-0.05, 0) is 19.4 Å². The number of nitrogens with zero attached hydrogens (tertiary/aromatic N) is 1. The summed E-state index contributed by atoms with van der Waals surface area (Å²) in [5.74, 6) is 0. The molecule has 0 rings (SSSR count). The molecule has 0 aromatic carbocycles. The number of likely N-dealkylation sites (N-methyl/N-ethyl adjacent to an activating group) is 1. The first-order chi connectivity index (χ1) is 7.73. The fourth-order valence-electron chi connectivity index (χ4n) is 1.62. The molecule has 0 saturated heterocycles. The summed E-state index contributed by atoms with van der Waals surface area (Å²) in [4.78, 5) is 2.02. The minimum absolute atomic E-state index is 0.0558. The van der Waals surface area contributed by atoms with Crippen LogP contribution in [-0.4, -0.2) is 43.8 Å². The van der Waals surface area contributed by atoms with Crippen molar-refractivity contribution in [1.82, 2.24) is 10.2 Å². The van der Waals surface area contributed by atoms with Gasteiger partial charge in [-0.3, -0.25) is 0 Å². The van der Waals surface area contributed by atoms with Gasteiger partial charge in [0.2, 0.25) is 0 Å². The van der Waals surface area contributed by atoms with Gasteiger partial charge >= 0.3 is 0 Å². The fourth-order valence-corrected chi connectivity index (χ4v) is 1.62. The van der Waals surface area contributed by atoms with Crippen LogP contribution in [0.5, 0.6) is 0 Å². The third kappa shape index (κ3) is 5.50. The summed E-state index contributed by atoms with van der Waals surface area (Å²) in [6, 6.07) is 0.216. The van der Waals surface area contributed by atoms with Gasteiger partial charge in [0.1, 0.15) is 6.17 Å². The smallest absolute Gasteiger partial charge is 0.130 e. The maximum atomic E-state index is 13.5. The first kappa shape index (κ1) is 16.4. The third-order valence-corrected chi connectivity index (χ3v) is 3.16. The SMILES string of the molecule is C=C(CNC)N(CC(F)CN)C(C)C(C)(C)C. The average molecular weight is 245 g/mol. The molecular formula is C13H28FN3. The topological polar surface area (TPSA) is 41.3 Å². The van der Waals surface area contributed by atoms with Gasteiger partial charge in [-0.1, -0.05) is 27.4 Å². The number of rotatable bonds is 7. The lowest BCUT2D eigenvalue weighted by molar-refractivity contribution is 0.116. The van der Waals surface area contributed by atoms with Crippen LogP contribution in [0.15, 0.2) is 12.3 Å². The highest BCUT2D eigenvalue weighted by Gasteiger charge is 2.28. The van der Waals surface area contributed by atoms with Crippen LogP contribution in [0.4, 0.5) is 4.39 Å². The van der Waals surface area contributed by atoms with Gasteiger partial charge < -0.3 is 16.0 Å². The quantitative estimate of drug-likeness (QED) is 0.718. The molecule has 0 saturated carbocycles. The van der Waals surface area contributed by atoms with E-state index in [1.807, 2.05) is 11.9 Å². The second-order valence-electron chi connectivity index (χ2n) is 5.62. The predicted octanol–water partition coefficient (Wildman–Crippen LogP) is 1.75. The lowest BCUT2D eigenvalue weighted by atomic mass is 9.86. The summed E-state index contributed by atoms with van der Waals surface area (Å²) in [6.07, 6.45) is -1.01. The Morgan fingerprint density at radius 3 is 2.35 bits per heavy atom. The number of nitrogens with one attached hydrogen (secondary N) is 1. The summed E-state index contributed by atoms with van der Waals surface area (Å²) in [5.41, 5.74) is 6.34. The maximum Gasteiger partial charge on any atom is 0.130 e. The number of alkyl halides is 1. The van der Waals surface area contributed by atoms with Crippen LogP contribution < -0.4 is 11.1 Å². The van der Waals surface area contributed by atoms with Crippen LogP contribution in [0.1, 0.15) is 27.7 Å². The Morgan fingerprint density at radius 1 is 1.47 bits per heavy atom. The van der Waals surface area contributed by atoms with Gasteiger partial charge in [0, 0.05) is 24.8 Å². The van der Waals surface area contributed by atoms with Gasteiger partial charge in [0.05, 0.1) is 6.54 Å². The van der Waals surface area contributed by atoms with Crippen LogP contribution in [-0.2, 0) is 0 Å². The van der Waals surface area contributed by atoms with Gasteiger partial charge in [-0.2, -0.15) is 0 Å². The predicted molar refractivity (Wildman–Crippen MR) is 72.6 cm³/mol. The average Bonchev–Trinajstić information content (AvgIpc) is 2.23. The molecule has 0 aliphatic rings. The third-order valence-electron chi connectivity index (χ3n) is 3.16. The molecule has 0 heterocycles. The summed E-state index contributed by atoms with van der Waals surface area (Å²) >= 11 is 0. The van der Waals surface area contributed by atoms with E-state index < -0.39 is 6.17 Å². The highest BCUT2D eigenvalue weighted by atomic mass is 19.1. The molecule has 0 aromatic heterocycles. The van der Waals surface area contributed by atoms with Gasteiger partial charge in [0.15, 0.2) is 0 Å². The van der Waals surface area contributed by atoms with Crippen LogP contribution in [0.3, 0.4) is 0 Å². The Kier molecular flexibility index (Phi) is 6.72. The van der Waals surface area contributed by atoms with E-state index in [-0.39, 0.29) is 18.0 Å². The molecule has 0 aliphatic heterocycles. The van der Waals surface area contributed by atoms with Crippen LogP contribution in [0.25, 0.3) is 0 Å². The normalized spacial score (nSPS) is 15.5. The van der Waals surface area contributed by atoms with Gasteiger partial charge in [-0.15, -0.1) is 0 Å². The number of halogens is 1. The van der Waals surface area contributed by atoms with Crippen molar-refractivity contribution in [1.29, 1.82) is 0 Å². The summed E-state index contributed by atoms with van der Waals surface area (Å²) in [7, 11) is 1.86. The van der Waals surface area contributed by atoms with E-state index in [0.29, 0.717) is 13.1 Å². The molecule has 3 nitrogen and oxygen atoms in total. The first-order valence-corrected chi connectivity index (χ1v) is 6.17. The van der Waals surface area contributed by atoms with Gasteiger partial charge in [-0.25, -0.2) is 4.39 Å². The van der Waals surface area contributed by atoms with Crippen molar-refractivity contribution in [2.45, 2.75) is 39.9 Å². The summed E-state index contributed by atoms with van der Waals surface area (Å²) in [5, 5.41) is 3.05. The fraction of sp³-hybridized carbons (Fsp3) is 0.846. The van der Waals surface area contributed by atoms with E-state index in [2.05, 4.69) is 39.6 Å². The Hall–Kier alpha value is -0.610. The first-order valence-electron chi connectivity index (χ1n) is 6.17. The lowest BCUT2D eigenvalue weighted by Crippen LogP contribution is -2.46. The van der Waals surface area contributed by atoms with E-state index in [1.54, 1.807) is 0 Å². The van der Waals surface area contributed by atoms with Crippen molar-refractivity contribution in [3.8, 4) is 0 Å². The molecule has 0 spiro atoms. The summed E-state index contributed by atoms with van der Waals surface area (Å²) < 4.78 is 13.5. The molecule has 102 valence electrons. The minimum atomic E-state index is -1.01. The number of nitrogens with two attached hydrogens (primary N) is 1. The zero-order chi connectivity index (χ0) is 13.6. The zero-order valence-corrected chi connectivity index (χ0v) is 11.9. The summed E-state index contributed by atoms with van der Waals surface area (Å²) in [6.45, 7) is 13.6. The lowest BCUT2D eigenvalue weighted by Gasteiger charge is -2.41. The Balaban J connectivity index is 4.78. The Morgan fingerprint density at radius 2 is 2.00 bits per heavy atom. The van der Waals surface area contributed by atoms with Crippen LogP contribution in [0.2, 0.25) is 0 Å². The second-order valence-corrected chi connectivity index (χ2v) is 5.62. The molecular weight excluding hydrogens is 217 g/mol. The van der Waals surface area contributed by atoms with Gasteiger partial charge in [0.25, 0.3) is 0 Å². The molecule has 2 unspecified atom stereocenters. The molecule has 0 fully saturated rings. The number of hydrogen-bond donors (Lipinski definition) is 2. The van der Waals surface area contributed by atoms with Crippen molar-refractivity contribution in [2.24, 2.45) is 11.1 Å². The Bertz CT molecular complexity index is 235. The van der Waals surface area contributed by atoms with Crippen molar-refractivity contribution >= 4 is 0 Å². The van der Waals surface area contributed by atoms with E-state index in [0.717, 1.165) is 5.70 Å². The molecule has 0 bridgehead atoms.